The molecule has 5 heteroatoms. The fourth-order valence-electron chi connectivity index (χ4n) is 3.55. The van der Waals surface area contributed by atoms with Crippen LogP contribution in [0.3, 0.4) is 0 Å². The lowest BCUT2D eigenvalue weighted by Crippen LogP contribution is -2.46. The van der Waals surface area contributed by atoms with Gasteiger partial charge in [-0.15, -0.1) is 0 Å². The summed E-state index contributed by atoms with van der Waals surface area (Å²) in [5.41, 5.74) is 3.53. The van der Waals surface area contributed by atoms with E-state index in [0.717, 1.165) is 42.0 Å². The van der Waals surface area contributed by atoms with Crippen molar-refractivity contribution in [2.75, 3.05) is 26.2 Å². The predicted molar refractivity (Wildman–Crippen MR) is 101 cm³/mol. The number of piperazine rings is 1. The van der Waals surface area contributed by atoms with Crippen molar-refractivity contribution in [3.8, 4) is 0 Å². The molecule has 0 saturated carbocycles. The molecule has 1 aliphatic heterocycles. The van der Waals surface area contributed by atoms with Crippen LogP contribution in [0.1, 0.15) is 17.4 Å². The summed E-state index contributed by atoms with van der Waals surface area (Å²) >= 11 is 3.62. The Morgan fingerprint density at radius 1 is 1.08 bits per heavy atom. The van der Waals surface area contributed by atoms with Crippen molar-refractivity contribution in [2.24, 2.45) is 7.05 Å². The third kappa shape index (κ3) is 2.88. The number of rotatable bonds is 3. The second-order valence-corrected chi connectivity index (χ2v) is 7.18. The third-order valence-electron chi connectivity index (χ3n) is 4.75. The Balaban J connectivity index is 1.86. The van der Waals surface area contributed by atoms with E-state index in [4.69, 9.17) is 4.98 Å². The van der Waals surface area contributed by atoms with Gasteiger partial charge < -0.3 is 9.88 Å². The van der Waals surface area contributed by atoms with E-state index in [-0.39, 0.29) is 6.04 Å². The second kappa shape index (κ2) is 6.67. The van der Waals surface area contributed by atoms with Crippen molar-refractivity contribution in [1.29, 1.82) is 0 Å². The van der Waals surface area contributed by atoms with Crippen LogP contribution in [0.4, 0.5) is 0 Å². The Morgan fingerprint density at radius 3 is 2.62 bits per heavy atom. The largest absolute Gasteiger partial charge is 0.329 e. The van der Waals surface area contributed by atoms with E-state index in [0.29, 0.717) is 0 Å². The molecule has 124 valence electrons. The first-order valence-electron chi connectivity index (χ1n) is 8.35. The molecule has 0 spiro atoms. The highest BCUT2D eigenvalue weighted by atomic mass is 79.9. The van der Waals surface area contributed by atoms with Gasteiger partial charge in [-0.05, 0) is 29.8 Å². The first-order chi connectivity index (χ1) is 11.7. The molecule has 1 atom stereocenters. The summed E-state index contributed by atoms with van der Waals surface area (Å²) in [5, 5.41) is 3.45. The minimum Gasteiger partial charge on any atom is -0.329 e. The van der Waals surface area contributed by atoms with Crippen LogP contribution >= 0.6 is 15.9 Å². The predicted octanol–water partition coefficient (Wildman–Crippen LogP) is 3.33. The van der Waals surface area contributed by atoms with Crippen LogP contribution in [0.15, 0.2) is 53.0 Å². The molecule has 0 amide bonds. The Labute approximate surface area is 150 Å². The fraction of sp³-hybridized carbons (Fsp3) is 0.316. The van der Waals surface area contributed by atoms with Crippen LogP contribution < -0.4 is 5.32 Å². The highest BCUT2D eigenvalue weighted by Crippen LogP contribution is 2.31. The van der Waals surface area contributed by atoms with Gasteiger partial charge in [-0.3, -0.25) is 4.90 Å². The summed E-state index contributed by atoms with van der Waals surface area (Å²) in [6, 6.07) is 17.1. The average molecular weight is 385 g/mol. The Kier molecular flexibility index (Phi) is 4.39. The van der Waals surface area contributed by atoms with E-state index >= 15 is 0 Å². The SMILES string of the molecule is Cn1c(C(c2cccc(Br)c2)N2CCNCC2)nc2ccccc21. The molecule has 4 rings (SSSR count). The summed E-state index contributed by atoms with van der Waals surface area (Å²) in [5.74, 6) is 1.11. The van der Waals surface area contributed by atoms with Crippen molar-refractivity contribution in [3.05, 3.63) is 64.4 Å². The quantitative estimate of drug-likeness (QED) is 0.751. The number of nitrogens with zero attached hydrogens (tertiary/aromatic N) is 3. The standard InChI is InChI=1S/C19H21BrN4/c1-23-17-8-3-2-7-16(17)22-19(23)18(24-11-9-21-10-12-24)14-5-4-6-15(20)13-14/h2-8,13,18,21H,9-12H2,1H3. The van der Waals surface area contributed by atoms with E-state index < -0.39 is 0 Å². The maximum absolute atomic E-state index is 4.98. The molecule has 1 aromatic heterocycles. The molecule has 1 N–H and O–H groups in total. The topological polar surface area (TPSA) is 33.1 Å². The molecule has 0 bridgehead atoms. The highest BCUT2D eigenvalue weighted by molar-refractivity contribution is 9.10. The van der Waals surface area contributed by atoms with Crippen LogP contribution in [-0.4, -0.2) is 40.6 Å². The number of para-hydroxylation sites is 2. The van der Waals surface area contributed by atoms with Gasteiger partial charge in [0.05, 0.1) is 17.1 Å². The normalized spacial score (nSPS) is 17.2. The zero-order valence-electron chi connectivity index (χ0n) is 13.7. The van der Waals surface area contributed by atoms with E-state index in [2.05, 4.69) is 86.3 Å². The molecule has 2 heterocycles. The summed E-state index contributed by atoms with van der Waals surface area (Å²) in [7, 11) is 2.12. The van der Waals surface area contributed by atoms with Crippen molar-refractivity contribution in [3.63, 3.8) is 0 Å². The molecule has 1 saturated heterocycles. The zero-order valence-corrected chi connectivity index (χ0v) is 15.3. The molecule has 1 fully saturated rings. The molecule has 3 aromatic rings. The van der Waals surface area contributed by atoms with Crippen molar-refractivity contribution < 1.29 is 0 Å². The maximum atomic E-state index is 4.98. The summed E-state index contributed by atoms with van der Waals surface area (Å²) in [6.45, 7) is 4.10. The zero-order chi connectivity index (χ0) is 16.5. The van der Waals surface area contributed by atoms with E-state index in [1.807, 2.05) is 0 Å². The summed E-state index contributed by atoms with van der Waals surface area (Å²) in [4.78, 5) is 7.51. The van der Waals surface area contributed by atoms with Gasteiger partial charge in [0.2, 0.25) is 0 Å². The first kappa shape index (κ1) is 15.8. The lowest BCUT2D eigenvalue weighted by molar-refractivity contribution is 0.190. The lowest BCUT2D eigenvalue weighted by Gasteiger charge is -2.34. The monoisotopic (exact) mass is 384 g/mol. The van der Waals surface area contributed by atoms with Gasteiger partial charge in [0, 0.05) is 37.7 Å². The van der Waals surface area contributed by atoms with Gasteiger partial charge in [-0.25, -0.2) is 4.98 Å². The molecule has 0 aliphatic carbocycles. The van der Waals surface area contributed by atoms with Gasteiger partial charge in [-0.2, -0.15) is 0 Å². The van der Waals surface area contributed by atoms with Crippen molar-refractivity contribution in [1.82, 2.24) is 19.8 Å². The highest BCUT2D eigenvalue weighted by Gasteiger charge is 2.28. The lowest BCUT2D eigenvalue weighted by atomic mass is 10.0. The van der Waals surface area contributed by atoms with Gasteiger partial charge >= 0.3 is 0 Å². The van der Waals surface area contributed by atoms with Gasteiger partial charge in [0.1, 0.15) is 5.82 Å². The Bertz CT molecular complexity index is 851. The van der Waals surface area contributed by atoms with E-state index in [9.17, 15) is 0 Å². The first-order valence-corrected chi connectivity index (χ1v) is 9.15. The fourth-order valence-corrected chi connectivity index (χ4v) is 3.97. The van der Waals surface area contributed by atoms with Crippen LogP contribution in [-0.2, 0) is 7.05 Å². The number of halogens is 1. The summed E-state index contributed by atoms with van der Waals surface area (Å²) in [6.07, 6.45) is 0. The van der Waals surface area contributed by atoms with Crippen molar-refractivity contribution in [2.45, 2.75) is 6.04 Å². The maximum Gasteiger partial charge on any atom is 0.131 e. The smallest absolute Gasteiger partial charge is 0.131 e. The summed E-state index contributed by atoms with van der Waals surface area (Å²) < 4.78 is 3.35. The molecule has 1 unspecified atom stereocenters. The Morgan fingerprint density at radius 2 is 1.88 bits per heavy atom. The number of aryl methyl sites for hydroxylation is 1. The van der Waals surface area contributed by atoms with E-state index in [1.165, 1.54) is 11.1 Å². The van der Waals surface area contributed by atoms with Gasteiger partial charge in [0.25, 0.3) is 0 Å². The van der Waals surface area contributed by atoms with Crippen LogP contribution in [0.25, 0.3) is 11.0 Å². The van der Waals surface area contributed by atoms with Crippen LogP contribution in [0.2, 0.25) is 0 Å². The number of imidazole rings is 1. The van der Waals surface area contributed by atoms with Crippen LogP contribution in [0.5, 0.6) is 0 Å². The number of fused-ring (bicyclic) bond motifs is 1. The minimum absolute atomic E-state index is 0.169. The molecule has 1 aliphatic rings. The number of aromatic nitrogens is 2. The second-order valence-electron chi connectivity index (χ2n) is 6.26. The van der Waals surface area contributed by atoms with Gasteiger partial charge in [-0.1, -0.05) is 40.2 Å². The molecule has 2 aromatic carbocycles. The van der Waals surface area contributed by atoms with Crippen molar-refractivity contribution >= 4 is 27.0 Å². The Hall–Kier alpha value is -1.69. The molecule has 0 radical (unpaired) electrons. The molecular formula is C19H21BrN4. The number of hydrogen-bond acceptors (Lipinski definition) is 3. The third-order valence-corrected chi connectivity index (χ3v) is 5.24. The number of hydrogen-bond donors (Lipinski definition) is 1. The molecular weight excluding hydrogens is 364 g/mol. The van der Waals surface area contributed by atoms with E-state index in [1.54, 1.807) is 0 Å². The van der Waals surface area contributed by atoms with Crippen LogP contribution in [0, 0.1) is 0 Å². The molecule has 4 nitrogen and oxygen atoms in total. The van der Waals surface area contributed by atoms with Gasteiger partial charge in [0.15, 0.2) is 0 Å². The molecule has 24 heavy (non-hydrogen) atoms. The average Bonchev–Trinajstić information content (AvgIpc) is 2.93. The number of nitrogens with one attached hydrogen (secondary N) is 1. The minimum atomic E-state index is 0.169. The number of benzene rings is 2.